The smallest absolute Gasteiger partial charge is 0.228 e. The highest BCUT2D eigenvalue weighted by atomic mass is 32.1. The Bertz CT molecular complexity index is 684. The molecule has 5 heterocycles. The predicted molar refractivity (Wildman–Crippen MR) is 96.6 cm³/mol. The fourth-order valence-electron chi connectivity index (χ4n) is 4.51. The SMILES string of the molecule is O=C(C1CCOC1)N1CCC2(COCc3sc(N4CCOCC4)nc32)C1. The molecule has 0 N–H and O–H groups in total. The molecule has 1 aromatic rings. The largest absolute Gasteiger partial charge is 0.381 e. The second-order valence-corrected chi connectivity index (χ2v) is 8.77. The zero-order valence-corrected chi connectivity index (χ0v) is 15.8. The molecule has 2 atom stereocenters. The van der Waals surface area contributed by atoms with Crippen molar-refractivity contribution < 1.29 is 19.0 Å². The van der Waals surface area contributed by atoms with E-state index in [-0.39, 0.29) is 17.2 Å². The van der Waals surface area contributed by atoms with Crippen LogP contribution in [-0.2, 0) is 31.0 Å². The van der Waals surface area contributed by atoms with Crippen LogP contribution in [-0.4, -0.2) is 75.0 Å². The molecule has 0 radical (unpaired) electrons. The van der Waals surface area contributed by atoms with Crippen LogP contribution in [0.1, 0.15) is 23.4 Å². The number of carbonyl (C=O) groups excluding carboxylic acids is 1. The molecule has 4 aliphatic rings. The van der Waals surface area contributed by atoms with Crippen LogP contribution in [0.5, 0.6) is 0 Å². The van der Waals surface area contributed by atoms with Crippen LogP contribution in [0.2, 0.25) is 0 Å². The molecule has 0 aromatic carbocycles. The zero-order chi connectivity index (χ0) is 17.6. The maximum atomic E-state index is 12.8. The van der Waals surface area contributed by atoms with Crippen molar-refractivity contribution in [2.45, 2.75) is 24.9 Å². The van der Waals surface area contributed by atoms with E-state index in [9.17, 15) is 4.79 Å². The third-order valence-corrected chi connectivity index (χ3v) is 7.12. The number of rotatable bonds is 2. The van der Waals surface area contributed by atoms with Gasteiger partial charge in [0.2, 0.25) is 5.91 Å². The van der Waals surface area contributed by atoms with Gasteiger partial charge in [-0.25, -0.2) is 4.98 Å². The monoisotopic (exact) mass is 379 g/mol. The number of morpholine rings is 1. The van der Waals surface area contributed by atoms with Crippen LogP contribution < -0.4 is 4.90 Å². The minimum absolute atomic E-state index is 0.0356. The number of hydrogen-bond donors (Lipinski definition) is 0. The number of likely N-dealkylation sites (tertiary alicyclic amines) is 1. The Hall–Kier alpha value is -1.22. The summed E-state index contributed by atoms with van der Waals surface area (Å²) >= 11 is 1.75. The number of amides is 1. The van der Waals surface area contributed by atoms with E-state index < -0.39 is 0 Å². The molecule has 0 bridgehead atoms. The first-order valence-electron chi connectivity index (χ1n) is 9.52. The number of aromatic nitrogens is 1. The molecule has 5 rings (SSSR count). The lowest BCUT2D eigenvalue weighted by Crippen LogP contribution is -2.42. The third kappa shape index (κ3) is 2.83. The van der Waals surface area contributed by atoms with Crippen molar-refractivity contribution in [1.29, 1.82) is 0 Å². The average Bonchev–Trinajstić information content (AvgIpc) is 3.42. The standard InChI is InChI=1S/C18H25N3O4S/c22-16(13-1-6-24-9-13)21-3-2-18(11-21)12-25-10-14-15(18)19-17(26-14)20-4-7-23-8-5-20/h13H,1-12H2. The molecule has 0 saturated carbocycles. The van der Waals surface area contributed by atoms with Gasteiger partial charge < -0.3 is 24.0 Å². The number of hydrogen-bond acceptors (Lipinski definition) is 7. The maximum Gasteiger partial charge on any atom is 0.228 e. The van der Waals surface area contributed by atoms with Gasteiger partial charge in [-0.05, 0) is 12.8 Å². The molecule has 3 saturated heterocycles. The fraction of sp³-hybridized carbons (Fsp3) is 0.778. The van der Waals surface area contributed by atoms with E-state index in [0.29, 0.717) is 26.4 Å². The Labute approximate surface area is 157 Å². The lowest BCUT2D eigenvalue weighted by molar-refractivity contribution is -0.134. The number of fused-ring (bicyclic) bond motifs is 2. The Morgan fingerprint density at radius 2 is 2.04 bits per heavy atom. The summed E-state index contributed by atoms with van der Waals surface area (Å²) in [6.07, 6.45) is 1.79. The van der Waals surface area contributed by atoms with Gasteiger partial charge in [0.05, 0.1) is 54.9 Å². The van der Waals surface area contributed by atoms with Crippen molar-refractivity contribution in [3.63, 3.8) is 0 Å². The van der Waals surface area contributed by atoms with Crippen molar-refractivity contribution in [3.8, 4) is 0 Å². The molecule has 0 aliphatic carbocycles. The summed E-state index contributed by atoms with van der Waals surface area (Å²) in [4.78, 5) is 23.4. The summed E-state index contributed by atoms with van der Waals surface area (Å²) in [6, 6.07) is 0. The highest BCUT2D eigenvalue weighted by Gasteiger charge is 2.48. The topological polar surface area (TPSA) is 64.1 Å². The first kappa shape index (κ1) is 16.9. The molecular formula is C18H25N3O4S. The van der Waals surface area contributed by atoms with Gasteiger partial charge in [-0.2, -0.15) is 0 Å². The van der Waals surface area contributed by atoms with E-state index in [1.807, 2.05) is 4.90 Å². The highest BCUT2D eigenvalue weighted by molar-refractivity contribution is 7.15. The predicted octanol–water partition coefficient (Wildman–Crippen LogP) is 1.02. The van der Waals surface area contributed by atoms with E-state index in [1.165, 1.54) is 10.6 Å². The van der Waals surface area contributed by atoms with Gasteiger partial charge >= 0.3 is 0 Å². The Balaban J connectivity index is 1.37. The Morgan fingerprint density at radius 1 is 1.15 bits per heavy atom. The van der Waals surface area contributed by atoms with Crippen LogP contribution in [0.15, 0.2) is 0 Å². The normalized spacial score (nSPS) is 31.6. The van der Waals surface area contributed by atoms with Crippen molar-refractivity contribution in [1.82, 2.24) is 9.88 Å². The minimum Gasteiger partial charge on any atom is -0.381 e. The van der Waals surface area contributed by atoms with Crippen LogP contribution in [0.3, 0.4) is 0 Å². The van der Waals surface area contributed by atoms with Gasteiger partial charge in [-0.15, -0.1) is 0 Å². The van der Waals surface area contributed by atoms with Gasteiger partial charge in [-0.3, -0.25) is 4.79 Å². The Kier molecular flexibility index (Phi) is 4.39. The summed E-state index contributed by atoms with van der Waals surface area (Å²) in [6.45, 7) is 7.42. The van der Waals surface area contributed by atoms with E-state index >= 15 is 0 Å². The fourth-order valence-corrected chi connectivity index (χ4v) is 5.68. The van der Waals surface area contributed by atoms with E-state index in [4.69, 9.17) is 19.2 Å². The maximum absolute atomic E-state index is 12.8. The first-order chi connectivity index (χ1) is 12.8. The number of anilines is 1. The first-order valence-corrected chi connectivity index (χ1v) is 10.3. The van der Waals surface area contributed by atoms with Crippen molar-refractivity contribution in [2.75, 3.05) is 64.1 Å². The summed E-state index contributed by atoms with van der Waals surface area (Å²) in [5, 5.41) is 1.08. The van der Waals surface area contributed by atoms with Gasteiger partial charge in [0.25, 0.3) is 0 Å². The summed E-state index contributed by atoms with van der Waals surface area (Å²) in [5.74, 6) is 0.281. The molecule has 7 nitrogen and oxygen atoms in total. The van der Waals surface area contributed by atoms with Crippen LogP contribution in [0.25, 0.3) is 0 Å². The van der Waals surface area contributed by atoms with Crippen LogP contribution in [0.4, 0.5) is 5.13 Å². The quantitative estimate of drug-likeness (QED) is 0.764. The van der Waals surface area contributed by atoms with Crippen molar-refractivity contribution in [2.24, 2.45) is 5.92 Å². The molecule has 142 valence electrons. The number of carbonyl (C=O) groups is 1. The molecule has 1 spiro atoms. The van der Waals surface area contributed by atoms with Gasteiger partial charge in [0, 0.05) is 32.8 Å². The highest BCUT2D eigenvalue weighted by Crippen LogP contribution is 2.44. The van der Waals surface area contributed by atoms with Gasteiger partial charge in [0.15, 0.2) is 5.13 Å². The molecule has 1 amide bonds. The van der Waals surface area contributed by atoms with E-state index in [0.717, 1.165) is 57.4 Å². The molecule has 2 unspecified atom stereocenters. The summed E-state index contributed by atoms with van der Waals surface area (Å²) < 4.78 is 16.8. The van der Waals surface area contributed by atoms with Gasteiger partial charge in [0.1, 0.15) is 0 Å². The molecule has 1 aromatic heterocycles. The van der Waals surface area contributed by atoms with E-state index in [1.54, 1.807) is 11.3 Å². The van der Waals surface area contributed by atoms with Crippen LogP contribution in [0, 0.1) is 5.92 Å². The second-order valence-electron chi connectivity index (χ2n) is 7.71. The van der Waals surface area contributed by atoms with Crippen molar-refractivity contribution >= 4 is 22.4 Å². The molecule has 26 heavy (non-hydrogen) atoms. The third-order valence-electron chi connectivity index (χ3n) is 6.03. The van der Waals surface area contributed by atoms with Gasteiger partial charge in [-0.1, -0.05) is 11.3 Å². The molecule has 3 fully saturated rings. The average molecular weight is 379 g/mol. The summed E-state index contributed by atoms with van der Waals surface area (Å²) in [7, 11) is 0. The zero-order valence-electron chi connectivity index (χ0n) is 14.9. The van der Waals surface area contributed by atoms with E-state index in [2.05, 4.69) is 4.90 Å². The Morgan fingerprint density at radius 3 is 2.85 bits per heavy atom. The lowest BCUT2D eigenvalue weighted by atomic mass is 9.82. The number of thiazole rings is 1. The molecule has 4 aliphatic heterocycles. The van der Waals surface area contributed by atoms with Crippen molar-refractivity contribution in [3.05, 3.63) is 10.6 Å². The number of ether oxygens (including phenoxy) is 3. The minimum atomic E-state index is -0.135. The van der Waals surface area contributed by atoms with Crippen LogP contribution >= 0.6 is 11.3 Å². The lowest BCUT2D eigenvalue weighted by Gasteiger charge is -2.32. The second kappa shape index (κ2) is 6.74. The molecule has 8 heteroatoms. The summed E-state index contributed by atoms with van der Waals surface area (Å²) in [5.41, 5.74) is 1.04. The number of nitrogens with zero attached hydrogens (tertiary/aromatic N) is 3. The molecular weight excluding hydrogens is 354 g/mol.